The molecule has 21 heavy (non-hydrogen) atoms. The molecule has 0 aromatic heterocycles. The van der Waals surface area contributed by atoms with E-state index < -0.39 is 0 Å². The lowest BCUT2D eigenvalue weighted by atomic mass is 10.0. The maximum Gasteiger partial charge on any atom is 0.317 e. The van der Waals surface area contributed by atoms with E-state index in [4.69, 9.17) is 4.74 Å². The number of nitrogens with zero attached hydrogens (tertiary/aromatic N) is 1. The van der Waals surface area contributed by atoms with Gasteiger partial charge in [0, 0.05) is 0 Å². The maximum atomic E-state index is 12.3. The molecule has 0 fully saturated rings. The molecule has 114 valence electrons. The topological polar surface area (TPSA) is 26.3 Å². The van der Waals surface area contributed by atoms with E-state index in [1.165, 1.54) is 0 Å². The molecule has 0 radical (unpaired) electrons. The van der Waals surface area contributed by atoms with Crippen LogP contribution in [0.25, 0.3) is 6.08 Å². The molecule has 0 N–H and O–H groups in total. The van der Waals surface area contributed by atoms with Crippen LogP contribution in [0.2, 0.25) is 0 Å². The smallest absolute Gasteiger partial charge is 0.317 e. The van der Waals surface area contributed by atoms with E-state index in [9.17, 15) is 4.79 Å². The lowest BCUT2D eigenvalue weighted by Crippen LogP contribution is -2.49. The Kier molecular flexibility index (Phi) is 5.18. The molecule has 0 saturated heterocycles. The van der Waals surface area contributed by atoms with Crippen molar-refractivity contribution in [2.45, 2.75) is 26.7 Å². The molecular formula is C18H26NO2+. The monoisotopic (exact) mass is 288 g/mol. The van der Waals surface area contributed by atoms with Crippen LogP contribution in [0.15, 0.2) is 30.3 Å². The normalized spacial score (nSPS) is 16.8. The molecule has 1 aromatic carbocycles. The van der Waals surface area contributed by atoms with Gasteiger partial charge in [-0.3, -0.25) is 4.79 Å². The highest BCUT2D eigenvalue weighted by molar-refractivity contribution is 5.86. The Morgan fingerprint density at radius 1 is 1.14 bits per heavy atom. The summed E-state index contributed by atoms with van der Waals surface area (Å²) in [7, 11) is 0. The third-order valence-corrected chi connectivity index (χ3v) is 4.88. The average molecular weight is 288 g/mol. The Morgan fingerprint density at radius 3 is 2.48 bits per heavy atom. The van der Waals surface area contributed by atoms with E-state index in [2.05, 4.69) is 20.8 Å². The molecule has 3 nitrogen and oxygen atoms in total. The average Bonchev–Trinajstić information content (AvgIpc) is 2.96. The van der Waals surface area contributed by atoms with Gasteiger partial charge in [0.15, 0.2) is 0 Å². The number of quaternary nitrogens is 1. The highest BCUT2D eigenvalue weighted by Crippen LogP contribution is 2.30. The predicted octanol–water partition coefficient (Wildman–Crippen LogP) is 3.22. The first kappa shape index (κ1) is 15.8. The maximum absolute atomic E-state index is 12.3. The Morgan fingerprint density at radius 2 is 1.81 bits per heavy atom. The van der Waals surface area contributed by atoms with Gasteiger partial charge in [-0.1, -0.05) is 36.4 Å². The second-order valence-electron chi connectivity index (χ2n) is 5.65. The lowest BCUT2D eigenvalue weighted by Gasteiger charge is -2.35. The van der Waals surface area contributed by atoms with Gasteiger partial charge in [0.2, 0.25) is 0 Å². The zero-order chi connectivity index (χ0) is 15.3. The van der Waals surface area contributed by atoms with Crippen molar-refractivity contribution < 1.29 is 14.0 Å². The molecule has 1 aliphatic carbocycles. The lowest BCUT2D eigenvalue weighted by molar-refractivity contribution is -0.923. The minimum Gasteiger partial charge on any atom is -0.459 e. The molecule has 1 atom stereocenters. The first-order valence-electron chi connectivity index (χ1n) is 7.94. The number of benzene rings is 1. The fourth-order valence-corrected chi connectivity index (χ4v) is 3.03. The number of carbonyl (C=O) groups excluding carboxylic acids is 1. The Bertz CT molecular complexity index is 509. The van der Waals surface area contributed by atoms with Crippen LogP contribution in [0.5, 0.6) is 0 Å². The first-order chi connectivity index (χ1) is 10.2. The van der Waals surface area contributed by atoms with Gasteiger partial charge in [0.05, 0.1) is 19.6 Å². The van der Waals surface area contributed by atoms with Gasteiger partial charge < -0.3 is 9.22 Å². The van der Waals surface area contributed by atoms with Crippen molar-refractivity contribution in [1.29, 1.82) is 0 Å². The summed E-state index contributed by atoms with van der Waals surface area (Å²) in [4.78, 5) is 12.3. The van der Waals surface area contributed by atoms with Crippen LogP contribution in [-0.2, 0) is 9.53 Å². The van der Waals surface area contributed by atoms with Crippen molar-refractivity contribution in [3.05, 3.63) is 41.5 Å². The van der Waals surface area contributed by atoms with Gasteiger partial charge in [-0.25, -0.2) is 0 Å². The molecular weight excluding hydrogens is 262 g/mol. The zero-order valence-corrected chi connectivity index (χ0v) is 13.3. The summed E-state index contributed by atoms with van der Waals surface area (Å²) in [6.07, 6.45) is 3.94. The van der Waals surface area contributed by atoms with E-state index in [-0.39, 0.29) is 11.9 Å². The van der Waals surface area contributed by atoms with Gasteiger partial charge in [-0.05, 0) is 31.9 Å². The zero-order valence-electron chi connectivity index (χ0n) is 13.3. The number of hydrogen-bond donors (Lipinski definition) is 0. The second-order valence-corrected chi connectivity index (χ2v) is 5.65. The summed E-state index contributed by atoms with van der Waals surface area (Å²) < 4.78 is 6.54. The van der Waals surface area contributed by atoms with Crippen LogP contribution >= 0.6 is 0 Å². The largest absolute Gasteiger partial charge is 0.459 e. The number of esters is 1. The number of rotatable bonds is 7. The summed E-state index contributed by atoms with van der Waals surface area (Å²) in [6, 6.07) is 8.00. The summed E-state index contributed by atoms with van der Waals surface area (Å²) in [5, 5.41) is 0. The number of fused-ring (bicyclic) bond motifs is 1. The number of carbonyl (C=O) groups is 1. The molecule has 1 aromatic rings. The fraction of sp³-hybridized carbons (Fsp3) is 0.500. The molecule has 0 spiro atoms. The van der Waals surface area contributed by atoms with Crippen molar-refractivity contribution in [2.24, 2.45) is 0 Å². The third-order valence-electron chi connectivity index (χ3n) is 4.88. The SMILES string of the molecule is CC[N+](CC)(CC)CCOC(=O)C1C=Cc2ccccc21. The highest BCUT2D eigenvalue weighted by atomic mass is 16.5. The Labute approximate surface area is 127 Å². The highest BCUT2D eigenvalue weighted by Gasteiger charge is 2.26. The predicted molar refractivity (Wildman–Crippen MR) is 85.9 cm³/mol. The van der Waals surface area contributed by atoms with Crippen LogP contribution < -0.4 is 0 Å². The molecule has 0 amide bonds. The van der Waals surface area contributed by atoms with E-state index in [1.54, 1.807) is 0 Å². The molecule has 3 heteroatoms. The van der Waals surface area contributed by atoms with Gasteiger partial charge >= 0.3 is 5.97 Å². The van der Waals surface area contributed by atoms with Crippen molar-refractivity contribution in [1.82, 2.24) is 0 Å². The first-order valence-corrected chi connectivity index (χ1v) is 7.94. The summed E-state index contributed by atoms with van der Waals surface area (Å²) in [5.74, 6) is -0.356. The Balaban J connectivity index is 1.91. The molecule has 1 aliphatic rings. The number of ether oxygens (including phenoxy) is 1. The summed E-state index contributed by atoms with van der Waals surface area (Å²) >= 11 is 0. The molecule has 0 saturated carbocycles. The molecule has 0 aliphatic heterocycles. The second kappa shape index (κ2) is 6.90. The minimum atomic E-state index is -0.229. The third kappa shape index (κ3) is 3.35. The molecule has 1 unspecified atom stereocenters. The quantitative estimate of drug-likeness (QED) is 0.569. The van der Waals surface area contributed by atoms with E-state index >= 15 is 0 Å². The standard InChI is InChI=1S/C18H26NO2/c1-4-19(5-2,6-3)13-14-21-18(20)17-12-11-15-9-7-8-10-16(15)17/h7-12,17H,4-6,13-14H2,1-3H3/q+1. The molecule has 2 rings (SSSR count). The van der Waals surface area contributed by atoms with Crippen LogP contribution in [0, 0.1) is 0 Å². The van der Waals surface area contributed by atoms with Crippen molar-refractivity contribution in [3.8, 4) is 0 Å². The number of hydrogen-bond acceptors (Lipinski definition) is 2. The minimum absolute atomic E-state index is 0.127. The van der Waals surface area contributed by atoms with Crippen molar-refractivity contribution in [2.75, 3.05) is 32.8 Å². The molecule has 0 bridgehead atoms. The van der Waals surface area contributed by atoms with Gasteiger partial charge in [-0.15, -0.1) is 0 Å². The van der Waals surface area contributed by atoms with Crippen LogP contribution in [-0.4, -0.2) is 43.2 Å². The van der Waals surface area contributed by atoms with Crippen molar-refractivity contribution >= 4 is 12.0 Å². The summed E-state index contributed by atoms with van der Waals surface area (Å²) in [5.41, 5.74) is 2.19. The number of likely N-dealkylation sites (N-methyl/N-ethyl adjacent to an activating group) is 1. The van der Waals surface area contributed by atoms with Crippen molar-refractivity contribution in [3.63, 3.8) is 0 Å². The van der Waals surface area contributed by atoms with Gasteiger partial charge in [-0.2, -0.15) is 0 Å². The van der Waals surface area contributed by atoms with E-state index in [1.807, 2.05) is 36.4 Å². The van der Waals surface area contributed by atoms with Gasteiger partial charge in [0.25, 0.3) is 0 Å². The molecule has 0 heterocycles. The van der Waals surface area contributed by atoms with Crippen LogP contribution in [0.1, 0.15) is 37.8 Å². The van der Waals surface area contributed by atoms with Crippen LogP contribution in [0.3, 0.4) is 0 Å². The Hall–Kier alpha value is -1.61. The van der Waals surface area contributed by atoms with E-state index in [0.29, 0.717) is 6.61 Å². The summed E-state index contributed by atoms with van der Waals surface area (Å²) in [6.45, 7) is 11.2. The van der Waals surface area contributed by atoms with Gasteiger partial charge in [0.1, 0.15) is 19.1 Å². The van der Waals surface area contributed by atoms with Crippen LogP contribution in [0.4, 0.5) is 0 Å². The van der Waals surface area contributed by atoms with E-state index in [0.717, 1.165) is 41.8 Å². The fourth-order valence-electron chi connectivity index (χ4n) is 3.03.